The molecule has 2 aromatic rings. The molecule has 0 atom stereocenters. The van der Waals surface area contributed by atoms with Crippen molar-refractivity contribution in [1.29, 1.82) is 0 Å². The van der Waals surface area contributed by atoms with Crippen LogP contribution in [0.15, 0.2) is 29.4 Å². The van der Waals surface area contributed by atoms with Gasteiger partial charge >= 0.3 is 0 Å². The van der Waals surface area contributed by atoms with Gasteiger partial charge in [-0.3, -0.25) is 0 Å². The first-order chi connectivity index (χ1) is 9.81. The molecular formula is C15H16IN3S. The normalized spacial score (nSPS) is 18.4. The molecule has 2 saturated carbocycles. The van der Waals surface area contributed by atoms with E-state index in [4.69, 9.17) is 0 Å². The van der Waals surface area contributed by atoms with Crippen LogP contribution in [0.3, 0.4) is 0 Å². The third-order valence-corrected chi connectivity index (χ3v) is 5.56. The highest BCUT2D eigenvalue weighted by Crippen LogP contribution is 2.46. The number of hydrogen-bond donors (Lipinski definition) is 0. The van der Waals surface area contributed by atoms with Crippen molar-refractivity contribution >= 4 is 34.4 Å². The van der Waals surface area contributed by atoms with Crippen LogP contribution in [0.25, 0.3) is 0 Å². The summed E-state index contributed by atoms with van der Waals surface area (Å²) in [5.74, 6) is 2.92. The van der Waals surface area contributed by atoms with Gasteiger partial charge in [0.25, 0.3) is 0 Å². The number of hydrogen-bond acceptors (Lipinski definition) is 3. The van der Waals surface area contributed by atoms with Crippen molar-refractivity contribution in [2.45, 2.75) is 48.6 Å². The van der Waals surface area contributed by atoms with Gasteiger partial charge in [0.2, 0.25) is 0 Å². The lowest BCUT2D eigenvalue weighted by Gasteiger charge is -2.08. The zero-order valence-electron chi connectivity index (χ0n) is 11.1. The van der Waals surface area contributed by atoms with Crippen LogP contribution in [0.1, 0.15) is 49.0 Å². The van der Waals surface area contributed by atoms with E-state index in [0.29, 0.717) is 12.0 Å². The first-order valence-electron chi connectivity index (χ1n) is 7.13. The first kappa shape index (κ1) is 13.1. The molecule has 0 spiro atoms. The average Bonchev–Trinajstić information content (AvgIpc) is 3.37. The summed E-state index contributed by atoms with van der Waals surface area (Å²) >= 11 is 4.17. The zero-order chi connectivity index (χ0) is 13.5. The highest BCUT2D eigenvalue weighted by molar-refractivity contribution is 14.1. The topological polar surface area (TPSA) is 30.7 Å². The molecule has 0 amide bonds. The quantitative estimate of drug-likeness (QED) is 0.554. The lowest BCUT2D eigenvalue weighted by Crippen LogP contribution is -2.01. The second kappa shape index (κ2) is 5.33. The smallest absolute Gasteiger partial charge is 0.191 e. The summed E-state index contributed by atoms with van der Waals surface area (Å²) in [6.07, 6.45) is 5.20. The van der Waals surface area contributed by atoms with Crippen molar-refractivity contribution in [3.63, 3.8) is 0 Å². The van der Waals surface area contributed by atoms with E-state index in [2.05, 4.69) is 61.6 Å². The number of benzene rings is 1. The summed E-state index contributed by atoms with van der Waals surface area (Å²) in [7, 11) is 0. The summed E-state index contributed by atoms with van der Waals surface area (Å²) < 4.78 is 3.71. The van der Waals surface area contributed by atoms with E-state index >= 15 is 0 Å². The van der Waals surface area contributed by atoms with E-state index in [1.165, 1.54) is 40.6 Å². The Kier molecular flexibility index (Phi) is 3.50. The SMILES string of the molecule is Ic1ccc(CSc2nnc(C3CC3)n2C2CC2)cc1. The largest absolute Gasteiger partial charge is 0.303 e. The summed E-state index contributed by atoms with van der Waals surface area (Å²) in [5.41, 5.74) is 1.36. The molecule has 0 saturated heterocycles. The minimum atomic E-state index is 0.680. The van der Waals surface area contributed by atoms with Gasteiger partial charge in [-0.25, -0.2) is 0 Å². The maximum atomic E-state index is 4.46. The van der Waals surface area contributed by atoms with Crippen LogP contribution in [0.2, 0.25) is 0 Å². The van der Waals surface area contributed by atoms with Crippen LogP contribution < -0.4 is 0 Å². The van der Waals surface area contributed by atoms with Gasteiger partial charge in [-0.05, 0) is 66.0 Å². The molecule has 2 aliphatic rings. The molecule has 0 radical (unpaired) electrons. The summed E-state index contributed by atoms with van der Waals surface area (Å²) in [6.45, 7) is 0. The fourth-order valence-electron chi connectivity index (χ4n) is 2.41. The molecule has 5 heteroatoms. The number of halogens is 1. The monoisotopic (exact) mass is 397 g/mol. The first-order valence-corrected chi connectivity index (χ1v) is 9.20. The molecule has 0 aliphatic heterocycles. The lowest BCUT2D eigenvalue weighted by molar-refractivity contribution is 0.627. The van der Waals surface area contributed by atoms with E-state index in [1.807, 2.05) is 11.8 Å². The average molecular weight is 397 g/mol. The molecule has 2 fully saturated rings. The molecule has 104 valence electrons. The van der Waals surface area contributed by atoms with Crippen LogP contribution in [0, 0.1) is 3.57 Å². The maximum absolute atomic E-state index is 4.46. The standard InChI is InChI=1S/C15H16IN3S/c16-12-5-1-10(2-6-12)9-20-15-18-17-14(11-3-4-11)19(15)13-7-8-13/h1-2,5-6,11,13H,3-4,7-9H2. The van der Waals surface area contributed by atoms with Gasteiger partial charge in [-0.15, -0.1) is 10.2 Å². The molecule has 20 heavy (non-hydrogen) atoms. The number of aromatic nitrogens is 3. The van der Waals surface area contributed by atoms with Crippen molar-refractivity contribution in [3.05, 3.63) is 39.2 Å². The van der Waals surface area contributed by atoms with Crippen molar-refractivity contribution in [3.8, 4) is 0 Å². The highest BCUT2D eigenvalue weighted by Gasteiger charge is 2.36. The van der Waals surface area contributed by atoms with Crippen molar-refractivity contribution in [2.24, 2.45) is 0 Å². The fraction of sp³-hybridized carbons (Fsp3) is 0.467. The van der Waals surface area contributed by atoms with Gasteiger partial charge in [0.15, 0.2) is 5.16 Å². The van der Waals surface area contributed by atoms with Gasteiger partial charge in [0, 0.05) is 21.3 Å². The molecule has 1 aromatic carbocycles. The van der Waals surface area contributed by atoms with Crippen LogP contribution in [-0.2, 0) is 5.75 Å². The van der Waals surface area contributed by atoms with E-state index in [9.17, 15) is 0 Å². The van der Waals surface area contributed by atoms with Crippen LogP contribution in [-0.4, -0.2) is 14.8 Å². The molecule has 1 aromatic heterocycles. The second-order valence-electron chi connectivity index (χ2n) is 5.63. The molecule has 0 unspecified atom stereocenters. The van der Waals surface area contributed by atoms with Crippen LogP contribution in [0.5, 0.6) is 0 Å². The summed E-state index contributed by atoms with van der Waals surface area (Å²) in [5, 5.41) is 10.0. The van der Waals surface area contributed by atoms with E-state index in [0.717, 1.165) is 10.9 Å². The Balaban J connectivity index is 1.52. The number of rotatable bonds is 5. The molecule has 1 heterocycles. The van der Waals surface area contributed by atoms with Gasteiger partial charge in [-0.1, -0.05) is 23.9 Å². The van der Waals surface area contributed by atoms with E-state index in [-0.39, 0.29) is 0 Å². The predicted octanol–water partition coefficient (Wildman–Crippen LogP) is 4.39. The summed E-state index contributed by atoms with van der Waals surface area (Å²) in [4.78, 5) is 0. The van der Waals surface area contributed by atoms with Gasteiger partial charge < -0.3 is 4.57 Å². The van der Waals surface area contributed by atoms with Crippen LogP contribution in [0.4, 0.5) is 0 Å². The molecule has 3 nitrogen and oxygen atoms in total. The van der Waals surface area contributed by atoms with Crippen LogP contribution >= 0.6 is 34.4 Å². The maximum Gasteiger partial charge on any atom is 0.191 e. The Labute approximate surface area is 136 Å². The van der Waals surface area contributed by atoms with Gasteiger partial charge in [0.05, 0.1) is 0 Å². The van der Waals surface area contributed by atoms with Crippen molar-refractivity contribution in [2.75, 3.05) is 0 Å². The minimum Gasteiger partial charge on any atom is -0.303 e. The predicted molar refractivity (Wildman–Crippen MR) is 89.0 cm³/mol. The minimum absolute atomic E-state index is 0.680. The van der Waals surface area contributed by atoms with E-state index < -0.39 is 0 Å². The highest BCUT2D eigenvalue weighted by atomic mass is 127. The van der Waals surface area contributed by atoms with Crippen molar-refractivity contribution < 1.29 is 0 Å². The zero-order valence-corrected chi connectivity index (χ0v) is 14.1. The van der Waals surface area contributed by atoms with E-state index in [1.54, 1.807) is 0 Å². The number of thioether (sulfide) groups is 1. The Bertz CT molecular complexity index is 615. The summed E-state index contributed by atoms with van der Waals surface area (Å²) in [6, 6.07) is 9.41. The molecule has 0 bridgehead atoms. The molecule has 4 rings (SSSR count). The molecular weight excluding hydrogens is 381 g/mol. The lowest BCUT2D eigenvalue weighted by atomic mass is 10.2. The second-order valence-corrected chi connectivity index (χ2v) is 7.82. The Morgan fingerprint density at radius 1 is 1.10 bits per heavy atom. The Morgan fingerprint density at radius 3 is 2.50 bits per heavy atom. The van der Waals surface area contributed by atoms with Gasteiger partial charge in [0.1, 0.15) is 5.82 Å². The third-order valence-electron chi connectivity index (χ3n) is 3.83. The van der Waals surface area contributed by atoms with Gasteiger partial charge in [-0.2, -0.15) is 0 Å². The molecule has 2 aliphatic carbocycles. The Hall–Kier alpha value is -0.560. The molecule has 0 N–H and O–H groups in total. The third kappa shape index (κ3) is 2.74. The Morgan fingerprint density at radius 2 is 1.85 bits per heavy atom. The fourth-order valence-corrected chi connectivity index (χ4v) is 3.74. The van der Waals surface area contributed by atoms with Crippen molar-refractivity contribution in [1.82, 2.24) is 14.8 Å². The number of nitrogens with zero attached hydrogens (tertiary/aromatic N) is 3.